The molecule has 0 aliphatic rings. The summed E-state index contributed by atoms with van der Waals surface area (Å²) in [5, 5.41) is 0.194. The Bertz CT molecular complexity index is 159. The van der Waals surface area contributed by atoms with Gasteiger partial charge in [0, 0.05) is 12.1 Å². The second-order valence-corrected chi connectivity index (χ2v) is 2.08. The fourth-order valence-electron chi connectivity index (χ4n) is 0.342. The van der Waals surface area contributed by atoms with Gasteiger partial charge in [0.1, 0.15) is 0 Å². The van der Waals surface area contributed by atoms with E-state index in [4.69, 9.17) is 34.3 Å². The van der Waals surface area contributed by atoms with E-state index in [0.717, 1.165) is 0 Å². The minimum absolute atomic E-state index is 0.194. The number of nitrogens with one attached hydrogen (secondary N) is 1. The van der Waals surface area contributed by atoms with E-state index in [-0.39, 0.29) is 5.34 Å². The zero-order chi connectivity index (χ0) is 9.66. The van der Waals surface area contributed by atoms with Crippen LogP contribution < -0.4 is 4.98 Å². The van der Waals surface area contributed by atoms with Crippen molar-refractivity contribution in [3.63, 3.8) is 0 Å². The van der Waals surface area contributed by atoms with Crippen LogP contribution in [-0.2, 0) is 0 Å². The highest BCUT2D eigenvalue weighted by atomic mass is 35.5. The molecule has 66 valence electrons. The van der Waals surface area contributed by atoms with Gasteiger partial charge in [-0.05, 0) is 0 Å². The highest BCUT2D eigenvalue weighted by Crippen LogP contribution is 1.73. The van der Waals surface area contributed by atoms with Crippen molar-refractivity contribution in [2.24, 2.45) is 0 Å². The van der Waals surface area contributed by atoms with E-state index in [0.29, 0.717) is 0 Å². The number of pyridine rings is 1. The Kier molecular flexibility index (Phi) is 18.8. The van der Waals surface area contributed by atoms with Gasteiger partial charge in [-0.1, -0.05) is 6.07 Å². The summed E-state index contributed by atoms with van der Waals surface area (Å²) >= 11 is 9.53. The molecule has 0 aliphatic carbocycles. The Morgan fingerprint density at radius 3 is 1.50 bits per heavy atom. The second kappa shape index (κ2) is 16.6. The van der Waals surface area contributed by atoms with E-state index < -0.39 is 0 Å². The lowest BCUT2D eigenvalue weighted by atomic mass is 10.5. The predicted octanol–water partition coefficient (Wildman–Crippen LogP) is 2.79. The van der Waals surface area contributed by atoms with Crippen molar-refractivity contribution in [3.05, 3.63) is 46.6 Å². The first-order valence-electron chi connectivity index (χ1n) is 2.85. The van der Waals surface area contributed by atoms with Gasteiger partial charge >= 0.3 is 0 Å². The predicted molar refractivity (Wildman–Crippen MR) is 49.6 cm³/mol. The maximum absolute atomic E-state index is 6.75. The molecule has 1 rings (SSSR count). The molecular weight excluding hydrogens is 199 g/mol. The number of hydrogen-bond donors (Lipinski definition) is 0. The monoisotopic (exact) mass is 206 g/mol. The Labute approximate surface area is 80.6 Å². The van der Waals surface area contributed by atoms with E-state index >= 15 is 0 Å². The molecule has 0 fully saturated rings. The molecule has 1 heterocycles. The molecule has 0 saturated heterocycles. The van der Waals surface area contributed by atoms with Crippen LogP contribution in [0.1, 0.15) is 0 Å². The fraction of sp³-hybridized carbons (Fsp3) is 0.167. The van der Waals surface area contributed by atoms with Crippen molar-refractivity contribution >= 4 is 23.2 Å². The Balaban J connectivity index is 0. The first kappa shape index (κ1) is 13.6. The van der Waals surface area contributed by atoms with Crippen molar-refractivity contribution in [2.45, 2.75) is 0 Å². The maximum Gasteiger partial charge on any atom is 0.166 e. The molecule has 0 aliphatic heterocycles. The Morgan fingerprint density at radius 1 is 1.08 bits per heavy atom. The zero-order valence-electron chi connectivity index (χ0n) is 6.19. The van der Waals surface area contributed by atoms with Crippen molar-refractivity contribution in [2.75, 3.05) is 5.34 Å². The zero-order valence-corrected chi connectivity index (χ0v) is 7.70. The molecule has 6 heteroatoms. The molecule has 1 aromatic heterocycles. The molecule has 0 unspecified atom stereocenters. The molecule has 0 radical (unpaired) electrons. The highest BCUT2D eigenvalue weighted by Gasteiger charge is 1.65. The molecule has 1 N–H and O–H groups in total. The van der Waals surface area contributed by atoms with Crippen LogP contribution in [0.5, 0.6) is 0 Å². The van der Waals surface area contributed by atoms with Gasteiger partial charge < -0.3 is 11.1 Å². The molecule has 0 bridgehead atoms. The first-order chi connectivity index (χ1) is 5.83. The molecule has 12 heavy (non-hydrogen) atoms. The normalized spacial score (nSPS) is 6.17. The minimum Gasteiger partial charge on any atom is -0.373 e. The van der Waals surface area contributed by atoms with Crippen LogP contribution in [0.25, 0.3) is 16.0 Å². The molecule has 0 aromatic carbocycles. The van der Waals surface area contributed by atoms with Crippen LogP contribution >= 0.6 is 23.2 Å². The Morgan fingerprint density at radius 2 is 1.42 bits per heavy atom. The number of aromatic nitrogens is 1. The topological polar surface area (TPSA) is 72.8 Å². The van der Waals surface area contributed by atoms with Crippen molar-refractivity contribution in [1.29, 1.82) is 0 Å². The van der Waals surface area contributed by atoms with Gasteiger partial charge in [-0.2, -0.15) is 0 Å². The lowest BCUT2D eigenvalue weighted by Crippen LogP contribution is -1.93. The summed E-state index contributed by atoms with van der Waals surface area (Å²) in [6, 6.07) is 5.86. The van der Waals surface area contributed by atoms with Crippen LogP contribution in [0.15, 0.2) is 30.6 Å². The third kappa shape index (κ3) is 23.0. The van der Waals surface area contributed by atoms with Gasteiger partial charge in [-0.25, -0.2) is 4.98 Å². The van der Waals surface area contributed by atoms with Gasteiger partial charge in [0.15, 0.2) is 12.4 Å². The number of aromatic amines is 1. The molecule has 1 aromatic rings. The number of hydrogen-bond acceptors (Lipinski definition) is 0. The van der Waals surface area contributed by atoms with Crippen molar-refractivity contribution < 1.29 is 4.98 Å². The number of H-pyrrole nitrogens is 1. The average molecular weight is 207 g/mol. The van der Waals surface area contributed by atoms with Crippen LogP contribution in [0.2, 0.25) is 0 Å². The number of rotatable bonds is 0. The SMILES string of the molecule is ClCCl.[N-]=[N+]=[N-].c1cc[nH+]cc1. The van der Waals surface area contributed by atoms with E-state index in [9.17, 15) is 0 Å². The van der Waals surface area contributed by atoms with E-state index in [2.05, 4.69) is 4.98 Å². The summed E-state index contributed by atoms with van der Waals surface area (Å²) in [7, 11) is 0. The number of halogens is 2. The van der Waals surface area contributed by atoms with Gasteiger partial charge in [0.25, 0.3) is 0 Å². The molecule has 0 spiro atoms. The molecular formula is C6H8Cl2N4. The van der Waals surface area contributed by atoms with E-state index in [1.165, 1.54) is 4.91 Å². The first-order valence-corrected chi connectivity index (χ1v) is 3.91. The lowest BCUT2D eigenvalue weighted by molar-refractivity contribution is -0.377. The standard InChI is InChI=1S/C5H5N.CH2Cl2.N3/c1-2-4-6-5-3-1;2-1-3;1-3-2/h1-5H;1H2;/q;;-1/p+1. The Hall–Kier alpha value is -0.960. The smallest absolute Gasteiger partial charge is 0.166 e. The van der Waals surface area contributed by atoms with Crippen LogP contribution in [0.4, 0.5) is 0 Å². The number of alkyl halides is 2. The summed E-state index contributed by atoms with van der Waals surface area (Å²) in [6.45, 7) is 0. The quantitative estimate of drug-likeness (QED) is 0.271. The van der Waals surface area contributed by atoms with Gasteiger partial charge in [0.2, 0.25) is 0 Å². The second-order valence-electron chi connectivity index (χ2n) is 1.27. The molecule has 0 saturated carbocycles. The van der Waals surface area contributed by atoms with Gasteiger partial charge in [0.05, 0.1) is 5.34 Å². The third-order valence-corrected chi connectivity index (χ3v) is 0.607. The van der Waals surface area contributed by atoms with E-state index in [1.807, 2.05) is 30.6 Å². The lowest BCUT2D eigenvalue weighted by Gasteiger charge is -1.63. The molecule has 0 atom stereocenters. The summed E-state index contributed by atoms with van der Waals surface area (Å²) < 4.78 is 0. The van der Waals surface area contributed by atoms with Gasteiger partial charge in [-0.15, -0.1) is 23.2 Å². The van der Waals surface area contributed by atoms with Crippen LogP contribution in [0, 0.1) is 0 Å². The maximum atomic E-state index is 6.75. The number of nitrogens with zero attached hydrogens (tertiary/aromatic N) is 3. The minimum atomic E-state index is 0.194. The van der Waals surface area contributed by atoms with Crippen molar-refractivity contribution in [1.82, 2.24) is 0 Å². The summed E-state index contributed by atoms with van der Waals surface area (Å²) in [5.41, 5.74) is 13.5. The highest BCUT2D eigenvalue weighted by molar-refractivity contribution is 6.40. The van der Waals surface area contributed by atoms with Crippen LogP contribution in [0.3, 0.4) is 0 Å². The summed E-state index contributed by atoms with van der Waals surface area (Å²) in [5.74, 6) is 0. The largest absolute Gasteiger partial charge is 0.373 e. The fourth-order valence-corrected chi connectivity index (χ4v) is 0.342. The van der Waals surface area contributed by atoms with E-state index in [1.54, 1.807) is 0 Å². The molecule has 4 nitrogen and oxygen atoms in total. The van der Waals surface area contributed by atoms with Crippen molar-refractivity contribution in [3.8, 4) is 0 Å². The summed E-state index contributed by atoms with van der Waals surface area (Å²) in [4.78, 5) is 4.39. The van der Waals surface area contributed by atoms with Gasteiger partial charge in [-0.3, -0.25) is 4.91 Å². The average Bonchev–Trinajstić information content (AvgIpc) is 2.10. The van der Waals surface area contributed by atoms with Crippen LogP contribution in [-0.4, -0.2) is 5.34 Å². The third-order valence-electron chi connectivity index (χ3n) is 0.607. The molecule has 0 amide bonds. The summed E-state index contributed by atoms with van der Waals surface area (Å²) in [6.07, 6.45) is 3.75.